The largest absolute Gasteiger partial charge is 0.378 e. The summed E-state index contributed by atoms with van der Waals surface area (Å²) in [6, 6.07) is 0.178. The highest BCUT2D eigenvalue weighted by molar-refractivity contribution is 5.82. The van der Waals surface area contributed by atoms with Crippen molar-refractivity contribution in [2.24, 2.45) is 5.73 Å². The number of carbonyl (C=O) groups is 1. The number of carbonyl (C=O) groups excluding carboxylic acids is 1. The van der Waals surface area contributed by atoms with Crippen molar-refractivity contribution >= 4 is 5.91 Å². The molecule has 0 radical (unpaired) electrons. The molecule has 1 heterocycles. The minimum Gasteiger partial charge on any atom is -0.378 e. The van der Waals surface area contributed by atoms with E-state index in [1.54, 1.807) is 0 Å². The van der Waals surface area contributed by atoms with E-state index in [1.807, 2.05) is 6.92 Å². The van der Waals surface area contributed by atoms with Crippen molar-refractivity contribution in [3.63, 3.8) is 0 Å². The van der Waals surface area contributed by atoms with E-state index in [-0.39, 0.29) is 18.1 Å². The number of hydrogen-bond donors (Lipinski definition) is 2. The second kappa shape index (κ2) is 7.19. The first-order chi connectivity index (χ1) is 9.24. The summed E-state index contributed by atoms with van der Waals surface area (Å²) < 4.78 is 11.0. The molecule has 6 heteroatoms. The molecular weight excluding hydrogens is 246 g/mol. The molecule has 0 aromatic carbocycles. The van der Waals surface area contributed by atoms with Crippen molar-refractivity contribution in [2.45, 2.75) is 38.0 Å². The molecule has 0 bridgehead atoms. The lowest BCUT2D eigenvalue weighted by atomic mass is 10.2. The first kappa shape index (κ1) is 14.7. The van der Waals surface area contributed by atoms with Crippen molar-refractivity contribution in [3.05, 3.63) is 0 Å². The average Bonchev–Trinajstić information content (AvgIpc) is 3.22. The maximum atomic E-state index is 12.2. The molecule has 1 saturated heterocycles. The topological polar surface area (TPSA) is 76.8 Å². The van der Waals surface area contributed by atoms with Gasteiger partial charge in [-0.15, -0.1) is 0 Å². The number of amides is 1. The van der Waals surface area contributed by atoms with Crippen LogP contribution in [0.5, 0.6) is 0 Å². The standard InChI is InChI=1S/C13H25N3O3/c1-2-19-11(7-14)8-16-5-6-18-9-12(16)13(17)15-10-3-4-10/h10-12H,2-9,14H2,1H3,(H,15,17). The van der Waals surface area contributed by atoms with Gasteiger partial charge in [0.15, 0.2) is 0 Å². The molecule has 6 nitrogen and oxygen atoms in total. The number of nitrogens with two attached hydrogens (primary N) is 1. The van der Waals surface area contributed by atoms with Gasteiger partial charge in [-0.1, -0.05) is 0 Å². The van der Waals surface area contributed by atoms with E-state index in [4.69, 9.17) is 15.2 Å². The summed E-state index contributed by atoms with van der Waals surface area (Å²) in [6.45, 7) is 5.65. The van der Waals surface area contributed by atoms with Gasteiger partial charge in [-0.2, -0.15) is 0 Å². The zero-order valence-electron chi connectivity index (χ0n) is 11.6. The number of ether oxygens (including phenoxy) is 2. The summed E-state index contributed by atoms with van der Waals surface area (Å²) in [5, 5.41) is 3.04. The van der Waals surface area contributed by atoms with E-state index in [9.17, 15) is 4.79 Å². The molecule has 0 aromatic heterocycles. The summed E-state index contributed by atoms with van der Waals surface area (Å²) in [5.74, 6) is 0.0782. The van der Waals surface area contributed by atoms with Gasteiger partial charge in [-0.3, -0.25) is 9.69 Å². The predicted molar refractivity (Wildman–Crippen MR) is 71.8 cm³/mol. The Morgan fingerprint density at radius 1 is 1.58 bits per heavy atom. The molecule has 2 unspecified atom stereocenters. The molecule has 19 heavy (non-hydrogen) atoms. The highest BCUT2D eigenvalue weighted by Gasteiger charge is 2.33. The monoisotopic (exact) mass is 271 g/mol. The van der Waals surface area contributed by atoms with Crippen LogP contribution in [0, 0.1) is 0 Å². The Bertz CT molecular complexity index is 297. The fourth-order valence-electron chi connectivity index (χ4n) is 2.32. The van der Waals surface area contributed by atoms with Crippen molar-refractivity contribution in [2.75, 3.05) is 39.5 Å². The smallest absolute Gasteiger partial charge is 0.239 e. The zero-order valence-corrected chi connectivity index (χ0v) is 11.6. The molecule has 2 fully saturated rings. The molecule has 110 valence electrons. The zero-order chi connectivity index (χ0) is 13.7. The molecule has 1 aliphatic carbocycles. The normalized spacial score (nSPS) is 26.1. The van der Waals surface area contributed by atoms with Crippen molar-refractivity contribution in [1.29, 1.82) is 0 Å². The van der Waals surface area contributed by atoms with Gasteiger partial charge >= 0.3 is 0 Å². The van der Waals surface area contributed by atoms with Crippen LogP contribution in [0.25, 0.3) is 0 Å². The van der Waals surface area contributed by atoms with Gasteiger partial charge in [0.05, 0.1) is 19.3 Å². The summed E-state index contributed by atoms with van der Waals surface area (Å²) in [4.78, 5) is 14.3. The molecule has 1 aliphatic heterocycles. The van der Waals surface area contributed by atoms with E-state index in [0.717, 1.165) is 19.4 Å². The summed E-state index contributed by atoms with van der Waals surface area (Å²) in [6.07, 6.45) is 2.19. The maximum Gasteiger partial charge on any atom is 0.239 e. The van der Waals surface area contributed by atoms with Gasteiger partial charge in [-0.25, -0.2) is 0 Å². The fraction of sp³-hybridized carbons (Fsp3) is 0.923. The molecule has 1 saturated carbocycles. The Hall–Kier alpha value is -0.690. The third-order valence-electron chi connectivity index (χ3n) is 3.57. The second-order valence-corrected chi connectivity index (χ2v) is 5.18. The molecule has 2 atom stereocenters. The molecule has 0 spiro atoms. The van der Waals surface area contributed by atoms with Gasteiger partial charge in [0.2, 0.25) is 5.91 Å². The Balaban J connectivity index is 1.88. The van der Waals surface area contributed by atoms with E-state index >= 15 is 0 Å². The number of morpholine rings is 1. The van der Waals surface area contributed by atoms with Crippen LogP contribution in [0.3, 0.4) is 0 Å². The van der Waals surface area contributed by atoms with E-state index in [1.165, 1.54) is 0 Å². The van der Waals surface area contributed by atoms with Gasteiger partial charge in [-0.05, 0) is 19.8 Å². The van der Waals surface area contributed by atoms with Crippen molar-refractivity contribution in [1.82, 2.24) is 10.2 Å². The van der Waals surface area contributed by atoms with Crippen molar-refractivity contribution < 1.29 is 14.3 Å². The molecule has 3 N–H and O–H groups in total. The quantitative estimate of drug-likeness (QED) is 0.642. The number of nitrogens with zero attached hydrogens (tertiary/aromatic N) is 1. The van der Waals surface area contributed by atoms with Crippen molar-refractivity contribution in [3.8, 4) is 0 Å². The van der Waals surface area contributed by atoms with Gasteiger partial charge in [0, 0.05) is 32.3 Å². The van der Waals surface area contributed by atoms with Gasteiger partial charge in [0.1, 0.15) is 6.04 Å². The van der Waals surface area contributed by atoms with E-state index in [0.29, 0.717) is 39.0 Å². The van der Waals surface area contributed by atoms with Crippen LogP contribution >= 0.6 is 0 Å². The van der Waals surface area contributed by atoms with Crippen LogP contribution in [0.1, 0.15) is 19.8 Å². The minimum absolute atomic E-state index is 0.0145. The predicted octanol–water partition coefficient (Wildman–Crippen LogP) is -0.670. The highest BCUT2D eigenvalue weighted by Crippen LogP contribution is 2.19. The first-order valence-corrected chi connectivity index (χ1v) is 7.18. The lowest BCUT2D eigenvalue weighted by Crippen LogP contribution is -2.56. The third-order valence-corrected chi connectivity index (χ3v) is 3.57. The van der Waals surface area contributed by atoms with Crippen LogP contribution in [0.4, 0.5) is 0 Å². The Kier molecular flexibility index (Phi) is 5.57. The van der Waals surface area contributed by atoms with Gasteiger partial charge in [0.25, 0.3) is 0 Å². The van der Waals surface area contributed by atoms with Crippen LogP contribution in [-0.2, 0) is 14.3 Å². The molecule has 2 rings (SSSR count). The molecule has 0 aromatic rings. The van der Waals surface area contributed by atoms with Crippen LogP contribution in [-0.4, -0.2) is 68.4 Å². The number of rotatable bonds is 7. The van der Waals surface area contributed by atoms with Crippen LogP contribution < -0.4 is 11.1 Å². The minimum atomic E-state index is -0.205. The maximum absolute atomic E-state index is 12.2. The Labute approximate surface area is 114 Å². The summed E-state index contributed by atoms with van der Waals surface area (Å²) >= 11 is 0. The highest BCUT2D eigenvalue weighted by atomic mass is 16.5. The summed E-state index contributed by atoms with van der Waals surface area (Å²) in [7, 11) is 0. The fourth-order valence-corrected chi connectivity index (χ4v) is 2.32. The van der Waals surface area contributed by atoms with Gasteiger partial charge < -0.3 is 20.5 Å². The van der Waals surface area contributed by atoms with E-state index in [2.05, 4.69) is 10.2 Å². The third kappa shape index (κ3) is 4.42. The number of hydrogen-bond acceptors (Lipinski definition) is 5. The lowest BCUT2D eigenvalue weighted by Gasteiger charge is -2.36. The van der Waals surface area contributed by atoms with E-state index < -0.39 is 0 Å². The lowest BCUT2D eigenvalue weighted by molar-refractivity contribution is -0.134. The summed E-state index contributed by atoms with van der Waals surface area (Å²) in [5.41, 5.74) is 5.70. The van der Waals surface area contributed by atoms with Crippen LogP contribution in [0.2, 0.25) is 0 Å². The molecular formula is C13H25N3O3. The van der Waals surface area contributed by atoms with Crippen LogP contribution in [0.15, 0.2) is 0 Å². The second-order valence-electron chi connectivity index (χ2n) is 5.18. The number of nitrogens with one attached hydrogen (secondary N) is 1. The SMILES string of the molecule is CCOC(CN)CN1CCOCC1C(=O)NC1CC1. The molecule has 2 aliphatic rings. The first-order valence-electron chi connectivity index (χ1n) is 7.18. The average molecular weight is 271 g/mol. The Morgan fingerprint density at radius 3 is 3.00 bits per heavy atom. The molecule has 1 amide bonds. The Morgan fingerprint density at radius 2 is 2.37 bits per heavy atom.